The van der Waals surface area contributed by atoms with E-state index in [1.54, 1.807) is 6.07 Å². The normalized spacial score (nSPS) is 13.8. The molecule has 0 unspecified atom stereocenters. The summed E-state index contributed by atoms with van der Waals surface area (Å²) in [6.07, 6.45) is 0. The van der Waals surface area contributed by atoms with E-state index in [1.807, 2.05) is 41.5 Å². The third kappa shape index (κ3) is 5.07. The molecule has 0 aliphatic rings. The zero-order valence-corrected chi connectivity index (χ0v) is 17.3. The molecule has 0 bridgehead atoms. The van der Waals surface area contributed by atoms with E-state index in [0.717, 1.165) is 5.56 Å². The quantitative estimate of drug-likeness (QED) is 0.733. The van der Waals surface area contributed by atoms with E-state index >= 15 is 0 Å². The molecular formula is C19H30ClF2NO3. The van der Waals surface area contributed by atoms with Gasteiger partial charge in [0.1, 0.15) is 11.8 Å². The van der Waals surface area contributed by atoms with E-state index in [2.05, 4.69) is 4.74 Å². The van der Waals surface area contributed by atoms with E-state index in [0.29, 0.717) is 5.56 Å². The second-order valence-electron chi connectivity index (χ2n) is 8.28. The van der Waals surface area contributed by atoms with E-state index in [-0.39, 0.29) is 35.7 Å². The summed E-state index contributed by atoms with van der Waals surface area (Å²) in [5.41, 5.74) is 5.98. The van der Waals surface area contributed by atoms with Gasteiger partial charge in [-0.25, -0.2) is 4.79 Å². The standard InChI is InChI=1S/C19H29F2NO3.ClH/c1-8-25-16(24)19(20,21)15(22)12-9-11(17(2,3)4)10-13(14(12)23)18(5,6)7;/h9-10,15,23H,8,22H2,1-7H3;1H/t15-;/m1./s1. The van der Waals surface area contributed by atoms with Gasteiger partial charge in [0.15, 0.2) is 0 Å². The fraction of sp³-hybridized carbons (Fsp3) is 0.632. The van der Waals surface area contributed by atoms with Gasteiger partial charge in [-0.3, -0.25) is 0 Å². The molecule has 1 atom stereocenters. The number of hydrogen-bond donors (Lipinski definition) is 2. The molecule has 1 aromatic rings. The topological polar surface area (TPSA) is 72.5 Å². The van der Waals surface area contributed by atoms with Crippen LogP contribution in [0.15, 0.2) is 12.1 Å². The van der Waals surface area contributed by atoms with Crippen LogP contribution in [-0.4, -0.2) is 23.6 Å². The number of hydrogen-bond acceptors (Lipinski definition) is 4. The first-order valence-corrected chi connectivity index (χ1v) is 8.32. The molecule has 3 N–H and O–H groups in total. The molecule has 0 saturated carbocycles. The molecule has 0 amide bonds. The van der Waals surface area contributed by atoms with Crippen LogP contribution in [0.1, 0.15) is 71.2 Å². The van der Waals surface area contributed by atoms with Crippen LogP contribution in [0.4, 0.5) is 8.78 Å². The molecule has 4 nitrogen and oxygen atoms in total. The number of phenols is 1. The summed E-state index contributed by atoms with van der Waals surface area (Å²) in [6.45, 7) is 12.7. The Morgan fingerprint density at radius 3 is 2.04 bits per heavy atom. The number of carbonyl (C=O) groups excluding carboxylic acids is 1. The number of alkyl halides is 2. The van der Waals surface area contributed by atoms with Crippen LogP contribution in [0, 0.1) is 0 Å². The molecule has 0 fully saturated rings. The second kappa shape index (κ2) is 8.09. The van der Waals surface area contributed by atoms with Gasteiger partial charge in [-0.05, 0) is 34.9 Å². The van der Waals surface area contributed by atoms with Crippen molar-refractivity contribution in [2.75, 3.05) is 6.61 Å². The highest BCUT2D eigenvalue weighted by atomic mass is 35.5. The average molecular weight is 394 g/mol. The summed E-state index contributed by atoms with van der Waals surface area (Å²) in [7, 11) is 0. The molecule has 0 aliphatic heterocycles. The third-order valence-electron chi connectivity index (χ3n) is 4.09. The van der Waals surface area contributed by atoms with Gasteiger partial charge in [0.05, 0.1) is 6.61 Å². The molecule has 7 heteroatoms. The van der Waals surface area contributed by atoms with E-state index in [9.17, 15) is 18.7 Å². The molecule has 1 rings (SSSR count). The third-order valence-corrected chi connectivity index (χ3v) is 4.09. The maximum atomic E-state index is 14.4. The molecule has 1 aromatic carbocycles. The van der Waals surface area contributed by atoms with E-state index in [4.69, 9.17) is 5.73 Å². The number of rotatable bonds is 4. The Balaban J connectivity index is 0.00000625. The summed E-state index contributed by atoms with van der Waals surface area (Å²) >= 11 is 0. The number of ether oxygens (including phenoxy) is 1. The lowest BCUT2D eigenvalue weighted by Gasteiger charge is -2.30. The smallest absolute Gasteiger partial charge is 0.379 e. The Bertz CT molecular complexity index is 649. The summed E-state index contributed by atoms with van der Waals surface area (Å²) in [5.74, 6) is -5.95. The molecule has 0 heterocycles. The van der Waals surface area contributed by atoms with Gasteiger partial charge in [0, 0.05) is 5.56 Å². The Kier molecular flexibility index (Phi) is 7.65. The lowest BCUT2D eigenvalue weighted by atomic mass is 9.77. The van der Waals surface area contributed by atoms with E-state index < -0.39 is 23.3 Å². The van der Waals surface area contributed by atoms with Crippen molar-refractivity contribution in [1.82, 2.24) is 0 Å². The minimum atomic E-state index is -3.95. The molecule has 0 spiro atoms. The Labute approximate surface area is 160 Å². The fourth-order valence-corrected chi connectivity index (χ4v) is 2.45. The lowest BCUT2D eigenvalue weighted by Crippen LogP contribution is -2.42. The highest BCUT2D eigenvalue weighted by Gasteiger charge is 2.49. The van der Waals surface area contributed by atoms with Gasteiger partial charge in [-0.15, -0.1) is 12.4 Å². The first kappa shape index (κ1) is 24.6. The zero-order chi connectivity index (χ0) is 19.8. The first-order valence-electron chi connectivity index (χ1n) is 8.32. The van der Waals surface area contributed by atoms with Crippen molar-refractivity contribution in [3.63, 3.8) is 0 Å². The Morgan fingerprint density at radius 2 is 1.65 bits per heavy atom. The van der Waals surface area contributed by atoms with Gasteiger partial charge < -0.3 is 15.6 Å². The van der Waals surface area contributed by atoms with Crippen molar-refractivity contribution in [3.05, 3.63) is 28.8 Å². The molecule has 0 radical (unpaired) electrons. The minimum Gasteiger partial charge on any atom is -0.507 e. The lowest BCUT2D eigenvalue weighted by molar-refractivity contribution is -0.174. The minimum absolute atomic E-state index is 0. The average Bonchev–Trinajstić information content (AvgIpc) is 2.44. The van der Waals surface area contributed by atoms with Crippen LogP contribution in [0.5, 0.6) is 5.75 Å². The van der Waals surface area contributed by atoms with Gasteiger partial charge in [-0.1, -0.05) is 47.6 Å². The highest BCUT2D eigenvalue weighted by molar-refractivity contribution is 5.85. The van der Waals surface area contributed by atoms with Crippen molar-refractivity contribution in [2.24, 2.45) is 5.73 Å². The summed E-state index contributed by atoms with van der Waals surface area (Å²) < 4.78 is 33.3. The predicted octanol–water partition coefficient (Wildman–Crippen LogP) is 4.61. The summed E-state index contributed by atoms with van der Waals surface area (Å²) in [4.78, 5) is 11.6. The summed E-state index contributed by atoms with van der Waals surface area (Å²) in [6, 6.07) is 1.24. The fourth-order valence-electron chi connectivity index (χ4n) is 2.45. The van der Waals surface area contributed by atoms with Crippen LogP contribution in [-0.2, 0) is 20.4 Å². The Morgan fingerprint density at radius 1 is 1.15 bits per heavy atom. The number of nitrogens with two attached hydrogens (primary N) is 1. The van der Waals surface area contributed by atoms with Crippen molar-refractivity contribution in [1.29, 1.82) is 0 Å². The monoisotopic (exact) mass is 393 g/mol. The number of halogens is 3. The first-order chi connectivity index (χ1) is 11.1. The SMILES string of the molecule is CCOC(=O)C(F)(F)[C@H](N)c1cc(C(C)(C)C)cc(C(C)(C)C)c1O.Cl. The van der Waals surface area contributed by atoms with Crippen LogP contribution < -0.4 is 5.73 Å². The van der Waals surface area contributed by atoms with Crippen molar-refractivity contribution >= 4 is 18.4 Å². The van der Waals surface area contributed by atoms with Crippen LogP contribution in [0.3, 0.4) is 0 Å². The maximum Gasteiger partial charge on any atom is 0.379 e. The predicted molar refractivity (Wildman–Crippen MR) is 101 cm³/mol. The van der Waals surface area contributed by atoms with Crippen molar-refractivity contribution in [2.45, 2.75) is 71.3 Å². The van der Waals surface area contributed by atoms with Gasteiger partial charge in [0.2, 0.25) is 0 Å². The number of benzene rings is 1. The van der Waals surface area contributed by atoms with Gasteiger partial charge >= 0.3 is 11.9 Å². The maximum absolute atomic E-state index is 14.4. The number of aromatic hydroxyl groups is 1. The number of phenolic OH excluding ortho intramolecular Hbond substituents is 1. The number of esters is 1. The van der Waals surface area contributed by atoms with Gasteiger partial charge in [-0.2, -0.15) is 8.78 Å². The summed E-state index contributed by atoms with van der Waals surface area (Å²) in [5, 5.41) is 10.6. The Hall–Kier alpha value is -1.40. The van der Waals surface area contributed by atoms with Crippen LogP contribution in [0.25, 0.3) is 0 Å². The largest absolute Gasteiger partial charge is 0.507 e. The van der Waals surface area contributed by atoms with Crippen molar-refractivity contribution in [3.8, 4) is 5.75 Å². The molecule has 0 saturated heterocycles. The molecule has 0 aliphatic carbocycles. The highest BCUT2D eigenvalue weighted by Crippen LogP contribution is 2.43. The second-order valence-corrected chi connectivity index (χ2v) is 8.28. The van der Waals surface area contributed by atoms with Crippen molar-refractivity contribution < 1.29 is 23.4 Å². The molecule has 150 valence electrons. The molecule has 0 aromatic heterocycles. The van der Waals surface area contributed by atoms with Gasteiger partial charge in [0.25, 0.3) is 0 Å². The molecule has 26 heavy (non-hydrogen) atoms. The van der Waals surface area contributed by atoms with Crippen LogP contribution >= 0.6 is 12.4 Å². The van der Waals surface area contributed by atoms with E-state index in [1.165, 1.54) is 13.0 Å². The molecular weight excluding hydrogens is 364 g/mol. The van der Waals surface area contributed by atoms with Crippen LogP contribution in [0.2, 0.25) is 0 Å². The zero-order valence-electron chi connectivity index (χ0n) is 16.4. The number of carbonyl (C=O) groups is 1.